The van der Waals surface area contributed by atoms with E-state index < -0.39 is 0 Å². The van der Waals surface area contributed by atoms with E-state index in [1.54, 1.807) is 0 Å². The summed E-state index contributed by atoms with van der Waals surface area (Å²) in [6, 6.07) is 7.82. The summed E-state index contributed by atoms with van der Waals surface area (Å²) in [4.78, 5) is 17.1. The van der Waals surface area contributed by atoms with Gasteiger partial charge in [-0.1, -0.05) is 12.1 Å². The quantitative estimate of drug-likeness (QED) is 0.779. The first-order chi connectivity index (χ1) is 9.95. The Bertz CT molecular complexity index is 487. The van der Waals surface area contributed by atoms with E-state index >= 15 is 0 Å². The zero-order chi connectivity index (χ0) is 15.4. The van der Waals surface area contributed by atoms with Gasteiger partial charge in [0.1, 0.15) is 5.75 Å². The van der Waals surface area contributed by atoms with Crippen molar-refractivity contribution < 1.29 is 9.53 Å². The van der Waals surface area contributed by atoms with Crippen LogP contribution < -0.4 is 4.74 Å². The number of nitrogens with zero attached hydrogens (tertiary/aromatic N) is 2. The molecular formula is C17H26N2O2. The van der Waals surface area contributed by atoms with Gasteiger partial charge in [0.05, 0.1) is 6.10 Å². The van der Waals surface area contributed by atoms with Crippen LogP contribution in [0.2, 0.25) is 0 Å². The lowest BCUT2D eigenvalue weighted by atomic mass is 10.0. The Morgan fingerprint density at radius 3 is 2.81 bits per heavy atom. The number of hydrogen-bond donors (Lipinski definition) is 0. The Kier molecular flexibility index (Phi) is 5.37. The van der Waals surface area contributed by atoms with Crippen molar-refractivity contribution >= 4 is 5.78 Å². The second-order valence-corrected chi connectivity index (χ2v) is 6.22. The predicted octanol–water partition coefficient (Wildman–Crippen LogP) is 2.29. The molecule has 1 aromatic carbocycles. The maximum Gasteiger partial charge on any atom is 0.164 e. The maximum absolute atomic E-state index is 12.5. The van der Waals surface area contributed by atoms with Crippen molar-refractivity contribution in [1.29, 1.82) is 0 Å². The third kappa shape index (κ3) is 4.55. The topological polar surface area (TPSA) is 32.8 Å². The first kappa shape index (κ1) is 16.0. The molecule has 0 aliphatic carbocycles. The van der Waals surface area contributed by atoms with Crippen LogP contribution >= 0.6 is 0 Å². The fourth-order valence-corrected chi connectivity index (χ4v) is 2.67. The Balaban J connectivity index is 2.02. The van der Waals surface area contributed by atoms with Gasteiger partial charge in [0.25, 0.3) is 0 Å². The van der Waals surface area contributed by atoms with Crippen LogP contribution in [-0.4, -0.2) is 61.5 Å². The van der Waals surface area contributed by atoms with Gasteiger partial charge >= 0.3 is 0 Å². The molecule has 1 aromatic rings. The van der Waals surface area contributed by atoms with Crippen molar-refractivity contribution in [3.05, 3.63) is 29.8 Å². The molecule has 4 heteroatoms. The number of ether oxygens (including phenoxy) is 1. The molecule has 1 heterocycles. The SMILES string of the molecule is CC(C)Oc1cccc(C(=O)CC2CN(C)CCN2C)c1. The molecule has 0 amide bonds. The summed E-state index contributed by atoms with van der Waals surface area (Å²) in [6.45, 7) is 7.01. The standard InChI is InChI=1S/C17H26N2O2/c1-13(2)21-16-7-5-6-14(10-16)17(20)11-15-12-18(3)8-9-19(15)4/h5-7,10,13,15H,8-9,11-12H2,1-4H3. The average molecular weight is 290 g/mol. The van der Waals surface area contributed by atoms with E-state index in [1.807, 2.05) is 38.1 Å². The van der Waals surface area contributed by atoms with Crippen molar-refractivity contribution in [3.8, 4) is 5.75 Å². The number of carbonyl (C=O) groups excluding carboxylic acids is 1. The van der Waals surface area contributed by atoms with E-state index in [1.165, 1.54) is 0 Å². The Morgan fingerprint density at radius 1 is 1.33 bits per heavy atom. The summed E-state index contributed by atoms with van der Waals surface area (Å²) in [5.74, 6) is 0.960. The lowest BCUT2D eigenvalue weighted by Crippen LogP contribution is -2.50. The average Bonchev–Trinajstić information content (AvgIpc) is 2.42. The lowest BCUT2D eigenvalue weighted by molar-refractivity contribution is 0.0809. The Hall–Kier alpha value is -1.39. The van der Waals surface area contributed by atoms with Crippen LogP contribution in [0, 0.1) is 0 Å². The van der Waals surface area contributed by atoms with E-state index in [2.05, 4.69) is 23.9 Å². The summed E-state index contributed by atoms with van der Waals surface area (Å²) in [5, 5.41) is 0. The van der Waals surface area contributed by atoms with Crippen LogP contribution in [0.25, 0.3) is 0 Å². The van der Waals surface area contributed by atoms with Crippen LogP contribution in [0.15, 0.2) is 24.3 Å². The second kappa shape index (κ2) is 7.05. The highest BCUT2D eigenvalue weighted by molar-refractivity contribution is 5.96. The van der Waals surface area contributed by atoms with E-state index in [-0.39, 0.29) is 11.9 Å². The van der Waals surface area contributed by atoms with Gasteiger partial charge in [0.2, 0.25) is 0 Å². The van der Waals surface area contributed by atoms with E-state index in [9.17, 15) is 4.79 Å². The minimum absolute atomic E-state index is 0.119. The molecule has 1 saturated heterocycles. The third-order valence-electron chi connectivity index (χ3n) is 3.93. The third-order valence-corrected chi connectivity index (χ3v) is 3.93. The largest absolute Gasteiger partial charge is 0.491 e. The number of ketones is 1. The van der Waals surface area contributed by atoms with Gasteiger partial charge in [-0.15, -0.1) is 0 Å². The predicted molar refractivity (Wildman–Crippen MR) is 85.1 cm³/mol. The fourth-order valence-electron chi connectivity index (χ4n) is 2.67. The smallest absolute Gasteiger partial charge is 0.164 e. The van der Waals surface area contributed by atoms with Crippen molar-refractivity contribution in [2.75, 3.05) is 33.7 Å². The number of Topliss-reactive ketones (excluding diaryl/α,β-unsaturated/α-hetero) is 1. The molecule has 0 saturated carbocycles. The molecule has 1 fully saturated rings. The van der Waals surface area contributed by atoms with E-state index in [0.717, 1.165) is 30.9 Å². The summed E-state index contributed by atoms with van der Waals surface area (Å²) in [7, 11) is 4.21. The summed E-state index contributed by atoms with van der Waals surface area (Å²) >= 11 is 0. The summed E-state index contributed by atoms with van der Waals surface area (Å²) < 4.78 is 5.66. The molecule has 4 nitrogen and oxygen atoms in total. The molecule has 0 radical (unpaired) electrons. The van der Waals surface area contributed by atoms with Gasteiger partial charge in [-0.2, -0.15) is 0 Å². The number of hydrogen-bond acceptors (Lipinski definition) is 4. The van der Waals surface area contributed by atoms with Gasteiger partial charge in [0, 0.05) is 37.7 Å². The van der Waals surface area contributed by atoms with Crippen molar-refractivity contribution in [1.82, 2.24) is 9.80 Å². The second-order valence-electron chi connectivity index (χ2n) is 6.22. The molecule has 1 aliphatic rings. The molecule has 0 N–H and O–H groups in total. The number of piperazine rings is 1. The zero-order valence-electron chi connectivity index (χ0n) is 13.5. The van der Waals surface area contributed by atoms with E-state index in [4.69, 9.17) is 4.74 Å². The molecule has 0 aromatic heterocycles. The number of carbonyl (C=O) groups is 1. The van der Waals surface area contributed by atoms with Gasteiger partial charge in [-0.05, 0) is 40.1 Å². The molecule has 116 valence electrons. The lowest BCUT2D eigenvalue weighted by Gasteiger charge is -2.37. The summed E-state index contributed by atoms with van der Waals surface area (Å²) in [6.07, 6.45) is 0.680. The number of benzene rings is 1. The highest BCUT2D eigenvalue weighted by Gasteiger charge is 2.24. The first-order valence-electron chi connectivity index (χ1n) is 7.64. The van der Waals surface area contributed by atoms with Crippen LogP contribution in [-0.2, 0) is 0 Å². The molecule has 0 spiro atoms. The van der Waals surface area contributed by atoms with Crippen LogP contribution in [0.4, 0.5) is 0 Å². The Morgan fingerprint density at radius 2 is 2.10 bits per heavy atom. The minimum Gasteiger partial charge on any atom is -0.491 e. The highest BCUT2D eigenvalue weighted by atomic mass is 16.5. The maximum atomic E-state index is 12.5. The van der Waals surface area contributed by atoms with E-state index in [0.29, 0.717) is 12.5 Å². The van der Waals surface area contributed by atoms with Gasteiger partial charge < -0.3 is 14.5 Å². The molecule has 1 atom stereocenters. The molecule has 0 bridgehead atoms. The fraction of sp³-hybridized carbons (Fsp3) is 0.588. The monoisotopic (exact) mass is 290 g/mol. The summed E-state index contributed by atoms with van der Waals surface area (Å²) in [5.41, 5.74) is 0.745. The van der Waals surface area contributed by atoms with Crippen molar-refractivity contribution in [2.24, 2.45) is 0 Å². The zero-order valence-corrected chi connectivity index (χ0v) is 13.5. The first-order valence-corrected chi connectivity index (χ1v) is 7.64. The highest BCUT2D eigenvalue weighted by Crippen LogP contribution is 2.18. The van der Waals surface area contributed by atoms with Gasteiger partial charge in [0.15, 0.2) is 5.78 Å². The molecule has 1 unspecified atom stereocenters. The Labute approximate surface area is 127 Å². The van der Waals surface area contributed by atoms with Gasteiger partial charge in [-0.25, -0.2) is 0 Å². The molecule has 2 rings (SSSR count). The normalized spacial score (nSPS) is 20.7. The molecular weight excluding hydrogens is 264 g/mol. The van der Waals surface area contributed by atoms with Gasteiger partial charge in [-0.3, -0.25) is 4.79 Å². The van der Waals surface area contributed by atoms with Crippen molar-refractivity contribution in [2.45, 2.75) is 32.4 Å². The molecule has 1 aliphatic heterocycles. The van der Waals surface area contributed by atoms with Crippen LogP contribution in [0.1, 0.15) is 30.6 Å². The van der Waals surface area contributed by atoms with Crippen LogP contribution in [0.3, 0.4) is 0 Å². The number of rotatable bonds is 5. The van der Waals surface area contributed by atoms with Crippen LogP contribution in [0.5, 0.6) is 5.75 Å². The van der Waals surface area contributed by atoms with Crippen molar-refractivity contribution in [3.63, 3.8) is 0 Å². The minimum atomic E-state index is 0.119. The molecule has 21 heavy (non-hydrogen) atoms. The number of likely N-dealkylation sites (N-methyl/N-ethyl adjacent to an activating group) is 2.